The second-order valence-electron chi connectivity index (χ2n) is 5.88. The summed E-state index contributed by atoms with van der Waals surface area (Å²) in [5, 5.41) is 10.9. The molecule has 1 aromatic heterocycles. The van der Waals surface area contributed by atoms with Crippen molar-refractivity contribution >= 4 is 16.5 Å². The Balaban J connectivity index is 1.57. The Morgan fingerprint density at radius 2 is 1.82 bits per heavy atom. The highest BCUT2D eigenvalue weighted by molar-refractivity contribution is 7.18. The molecular weight excluding hydrogens is 296 g/mol. The molecule has 0 saturated carbocycles. The summed E-state index contributed by atoms with van der Waals surface area (Å²) in [6.45, 7) is 4.67. The van der Waals surface area contributed by atoms with Gasteiger partial charge in [0.05, 0.1) is 7.11 Å². The zero-order valence-electron chi connectivity index (χ0n) is 12.7. The smallest absolute Gasteiger partial charge is 0.208 e. The molecule has 0 amide bonds. The van der Waals surface area contributed by atoms with Gasteiger partial charge in [0.1, 0.15) is 10.8 Å². The molecule has 2 bridgehead atoms. The van der Waals surface area contributed by atoms with E-state index in [2.05, 4.69) is 20.0 Å². The summed E-state index contributed by atoms with van der Waals surface area (Å²) < 4.78 is 5.21. The Kier molecular flexibility index (Phi) is 3.72. The second-order valence-corrected chi connectivity index (χ2v) is 6.84. The van der Waals surface area contributed by atoms with Gasteiger partial charge < -0.3 is 14.5 Å². The van der Waals surface area contributed by atoms with Gasteiger partial charge in [-0.2, -0.15) is 0 Å². The van der Waals surface area contributed by atoms with Crippen molar-refractivity contribution in [3.63, 3.8) is 0 Å². The van der Waals surface area contributed by atoms with Crippen LogP contribution in [-0.4, -0.2) is 54.4 Å². The molecule has 22 heavy (non-hydrogen) atoms. The van der Waals surface area contributed by atoms with E-state index in [1.165, 1.54) is 25.9 Å². The minimum Gasteiger partial charge on any atom is -0.497 e. The Morgan fingerprint density at radius 1 is 1.05 bits per heavy atom. The first-order valence-corrected chi connectivity index (χ1v) is 8.62. The van der Waals surface area contributed by atoms with E-state index in [1.807, 2.05) is 24.3 Å². The van der Waals surface area contributed by atoms with Gasteiger partial charge >= 0.3 is 0 Å². The van der Waals surface area contributed by atoms with Gasteiger partial charge in [-0.15, -0.1) is 10.2 Å². The molecule has 0 N–H and O–H groups in total. The highest BCUT2D eigenvalue weighted by Crippen LogP contribution is 2.33. The molecule has 0 unspecified atom stereocenters. The van der Waals surface area contributed by atoms with Gasteiger partial charge in [-0.05, 0) is 37.1 Å². The third-order valence-corrected chi connectivity index (χ3v) is 5.66. The first-order valence-electron chi connectivity index (χ1n) is 7.80. The number of aromatic nitrogens is 2. The molecule has 5 rings (SSSR count). The number of hydrogen-bond donors (Lipinski definition) is 0. The van der Waals surface area contributed by atoms with Crippen LogP contribution >= 0.6 is 11.3 Å². The number of hydrogen-bond acceptors (Lipinski definition) is 6. The quantitative estimate of drug-likeness (QED) is 0.870. The van der Waals surface area contributed by atoms with Gasteiger partial charge in [0.2, 0.25) is 5.13 Å². The van der Waals surface area contributed by atoms with Gasteiger partial charge in [-0.3, -0.25) is 0 Å². The average Bonchev–Trinajstić information content (AvgIpc) is 2.87. The third-order valence-electron chi connectivity index (χ3n) is 4.65. The molecule has 0 atom stereocenters. The van der Waals surface area contributed by atoms with Crippen LogP contribution in [0.4, 0.5) is 5.13 Å². The van der Waals surface area contributed by atoms with Gasteiger partial charge in [-0.25, -0.2) is 0 Å². The number of piperidine rings is 1. The molecule has 5 nitrogen and oxygen atoms in total. The summed E-state index contributed by atoms with van der Waals surface area (Å²) in [7, 11) is 1.68. The van der Waals surface area contributed by atoms with Crippen LogP contribution in [0.25, 0.3) is 10.6 Å². The first-order chi connectivity index (χ1) is 10.8. The van der Waals surface area contributed by atoms with Crippen molar-refractivity contribution < 1.29 is 4.74 Å². The predicted octanol–water partition coefficient (Wildman–Crippen LogP) is 2.50. The van der Waals surface area contributed by atoms with Crippen LogP contribution in [0.1, 0.15) is 12.8 Å². The fourth-order valence-corrected chi connectivity index (χ4v) is 4.27. The summed E-state index contributed by atoms with van der Waals surface area (Å²) in [4.78, 5) is 5.03. The molecule has 3 aliphatic rings. The summed E-state index contributed by atoms with van der Waals surface area (Å²) in [6, 6.07) is 8.66. The van der Waals surface area contributed by atoms with Crippen molar-refractivity contribution in [2.75, 3.05) is 38.2 Å². The van der Waals surface area contributed by atoms with Crippen LogP contribution in [0.15, 0.2) is 24.3 Å². The number of fused-ring (bicyclic) bond motifs is 4. The maximum absolute atomic E-state index is 5.21. The molecule has 3 saturated heterocycles. The van der Waals surface area contributed by atoms with Crippen LogP contribution in [0.3, 0.4) is 0 Å². The maximum atomic E-state index is 5.21. The molecule has 6 heteroatoms. The maximum Gasteiger partial charge on any atom is 0.208 e. The van der Waals surface area contributed by atoms with E-state index in [0.717, 1.165) is 34.5 Å². The Labute approximate surface area is 134 Å². The van der Waals surface area contributed by atoms with E-state index in [4.69, 9.17) is 4.74 Å². The van der Waals surface area contributed by atoms with E-state index >= 15 is 0 Å². The summed E-state index contributed by atoms with van der Waals surface area (Å²) >= 11 is 1.70. The van der Waals surface area contributed by atoms with Crippen LogP contribution in [-0.2, 0) is 0 Å². The number of anilines is 1. The third kappa shape index (κ3) is 2.57. The van der Waals surface area contributed by atoms with Gasteiger partial charge in [0.15, 0.2) is 0 Å². The Morgan fingerprint density at radius 3 is 2.55 bits per heavy atom. The van der Waals surface area contributed by atoms with Crippen LogP contribution in [0.2, 0.25) is 0 Å². The fraction of sp³-hybridized carbons (Fsp3) is 0.500. The second kappa shape index (κ2) is 5.85. The summed E-state index contributed by atoms with van der Waals surface area (Å²) in [6.07, 6.45) is 2.49. The van der Waals surface area contributed by atoms with Gasteiger partial charge in [0.25, 0.3) is 0 Å². The van der Waals surface area contributed by atoms with Gasteiger partial charge in [0, 0.05) is 37.8 Å². The van der Waals surface area contributed by atoms with Crippen molar-refractivity contribution in [3.8, 4) is 16.3 Å². The normalized spacial score (nSPS) is 24.3. The van der Waals surface area contributed by atoms with E-state index in [-0.39, 0.29) is 0 Å². The van der Waals surface area contributed by atoms with Crippen molar-refractivity contribution in [3.05, 3.63) is 24.3 Å². The molecular formula is C16H20N4OS. The fourth-order valence-electron chi connectivity index (χ4n) is 3.32. The zero-order valence-corrected chi connectivity index (χ0v) is 13.6. The van der Waals surface area contributed by atoms with Crippen molar-refractivity contribution in [1.29, 1.82) is 0 Å². The molecule has 0 radical (unpaired) electrons. The molecule has 4 heterocycles. The lowest BCUT2D eigenvalue weighted by molar-refractivity contribution is 0.250. The summed E-state index contributed by atoms with van der Waals surface area (Å²) in [5.74, 6) is 0.868. The van der Waals surface area contributed by atoms with Gasteiger partial charge in [-0.1, -0.05) is 11.3 Å². The highest BCUT2D eigenvalue weighted by atomic mass is 32.1. The summed E-state index contributed by atoms with van der Waals surface area (Å²) in [5.41, 5.74) is 1.10. The molecule has 3 aliphatic heterocycles. The topological polar surface area (TPSA) is 41.5 Å². The molecule has 3 fully saturated rings. The monoisotopic (exact) mass is 316 g/mol. The number of methoxy groups -OCH3 is 1. The minimum atomic E-state index is 0.635. The number of benzene rings is 1. The number of ether oxygens (including phenoxy) is 1. The lowest BCUT2D eigenvalue weighted by Gasteiger charge is -2.30. The van der Waals surface area contributed by atoms with Crippen molar-refractivity contribution in [2.45, 2.75) is 18.9 Å². The van der Waals surface area contributed by atoms with Crippen LogP contribution in [0, 0.1) is 0 Å². The van der Waals surface area contributed by atoms with Crippen molar-refractivity contribution in [2.24, 2.45) is 0 Å². The lowest BCUT2D eigenvalue weighted by Crippen LogP contribution is -2.37. The highest BCUT2D eigenvalue weighted by Gasteiger charge is 2.30. The zero-order chi connectivity index (χ0) is 14.9. The van der Waals surface area contributed by atoms with E-state index in [9.17, 15) is 0 Å². The van der Waals surface area contributed by atoms with Crippen molar-refractivity contribution in [1.82, 2.24) is 15.1 Å². The lowest BCUT2D eigenvalue weighted by atomic mass is 10.1. The molecule has 0 spiro atoms. The Hall–Kier alpha value is -1.66. The van der Waals surface area contributed by atoms with E-state index < -0.39 is 0 Å². The SMILES string of the molecule is COc1ccc(-c2nnc(N3CCN4CCC3CC4)s2)cc1. The predicted molar refractivity (Wildman–Crippen MR) is 88.7 cm³/mol. The largest absolute Gasteiger partial charge is 0.497 e. The minimum absolute atomic E-state index is 0.635. The van der Waals surface area contributed by atoms with Crippen LogP contribution < -0.4 is 9.64 Å². The Bertz CT molecular complexity index is 634. The van der Waals surface area contributed by atoms with E-state index in [1.54, 1.807) is 18.4 Å². The van der Waals surface area contributed by atoms with Crippen LogP contribution in [0.5, 0.6) is 5.75 Å². The van der Waals surface area contributed by atoms with E-state index in [0.29, 0.717) is 6.04 Å². The number of nitrogens with zero attached hydrogens (tertiary/aromatic N) is 4. The average molecular weight is 316 g/mol. The standard InChI is InChI=1S/C16H20N4OS/c1-21-14-4-2-12(3-5-14)15-17-18-16(22-15)20-11-10-19-8-6-13(20)7-9-19/h2-5,13H,6-11H2,1H3. The molecule has 116 valence electrons. The molecule has 2 aromatic rings. The first kappa shape index (κ1) is 14.0. The molecule has 0 aliphatic carbocycles. The molecule has 1 aromatic carbocycles. The number of rotatable bonds is 3.